The second kappa shape index (κ2) is 11.2. The summed E-state index contributed by atoms with van der Waals surface area (Å²) in [5, 5.41) is 6.41. The van der Waals surface area contributed by atoms with Crippen LogP contribution in [0.1, 0.15) is 26.2 Å². The van der Waals surface area contributed by atoms with Crippen molar-refractivity contribution in [3.05, 3.63) is 18.2 Å². The number of benzene rings is 1. The highest BCUT2D eigenvalue weighted by molar-refractivity contribution is 5.93. The number of aliphatic imine (C=N–C) groups is 1. The van der Waals surface area contributed by atoms with E-state index in [-0.39, 0.29) is 5.97 Å². The largest absolute Gasteiger partial charge is 0.493 e. The van der Waals surface area contributed by atoms with Gasteiger partial charge in [-0.1, -0.05) is 0 Å². The Kier molecular flexibility index (Phi) is 9.11. The topological polar surface area (TPSA) is 81.2 Å². The van der Waals surface area contributed by atoms with Crippen molar-refractivity contribution in [1.29, 1.82) is 0 Å². The molecule has 2 N–H and O–H groups in total. The van der Waals surface area contributed by atoms with Gasteiger partial charge in [-0.15, -0.1) is 0 Å². The van der Waals surface area contributed by atoms with Crippen molar-refractivity contribution in [2.75, 3.05) is 39.7 Å². The van der Waals surface area contributed by atoms with Crippen LogP contribution in [0, 0.1) is 0 Å². The maximum Gasteiger partial charge on any atom is 0.305 e. The summed E-state index contributed by atoms with van der Waals surface area (Å²) in [4.78, 5) is 15.6. The Morgan fingerprint density at radius 1 is 1.12 bits per heavy atom. The Morgan fingerprint density at radius 2 is 1.88 bits per heavy atom. The van der Waals surface area contributed by atoms with Gasteiger partial charge in [-0.3, -0.25) is 9.79 Å². The molecule has 0 fully saturated rings. The zero-order chi connectivity index (χ0) is 17.8. The lowest BCUT2D eigenvalue weighted by Crippen LogP contribution is -2.30. The molecule has 0 saturated carbocycles. The number of ether oxygens (including phenoxy) is 3. The average molecular weight is 337 g/mol. The van der Waals surface area contributed by atoms with E-state index in [1.807, 2.05) is 25.1 Å². The molecule has 1 aromatic carbocycles. The second-order valence-electron chi connectivity index (χ2n) is 4.99. The van der Waals surface area contributed by atoms with Crippen LogP contribution < -0.4 is 20.1 Å². The Hall–Kier alpha value is -2.44. The van der Waals surface area contributed by atoms with E-state index < -0.39 is 0 Å². The summed E-state index contributed by atoms with van der Waals surface area (Å²) in [6.45, 7) is 3.38. The molecule has 0 atom stereocenters. The maximum absolute atomic E-state index is 11.1. The maximum atomic E-state index is 11.1. The molecule has 0 heterocycles. The predicted molar refractivity (Wildman–Crippen MR) is 95.0 cm³/mol. The Labute approximate surface area is 143 Å². The van der Waals surface area contributed by atoms with Gasteiger partial charge < -0.3 is 24.8 Å². The highest BCUT2D eigenvalue weighted by Crippen LogP contribution is 2.29. The quantitative estimate of drug-likeness (QED) is 0.312. The zero-order valence-electron chi connectivity index (χ0n) is 14.8. The summed E-state index contributed by atoms with van der Waals surface area (Å²) >= 11 is 0. The molecule has 24 heavy (non-hydrogen) atoms. The molecule has 0 radical (unpaired) electrons. The van der Waals surface area contributed by atoms with E-state index >= 15 is 0 Å². The number of hydrogen-bond acceptors (Lipinski definition) is 5. The lowest BCUT2D eigenvalue weighted by Gasteiger charge is -2.13. The van der Waals surface area contributed by atoms with E-state index in [0.29, 0.717) is 30.4 Å². The van der Waals surface area contributed by atoms with Crippen molar-refractivity contribution >= 4 is 17.6 Å². The average Bonchev–Trinajstić information content (AvgIpc) is 2.61. The SMILES string of the molecule is CCNC(=NCCCCC(=O)OC)Nc1ccc(OC)c(OC)c1. The summed E-state index contributed by atoms with van der Waals surface area (Å²) in [7, 11) is 4.60. The van der Waals surface area contributed by atoms with Crippen LogP contribution in [0.2, 0.25) is 0 Å². The molecule has 0 aliphatic carbocycles. The van der Waals surface area contributed by atoms with E-state index in [2.05, 4.69) is 20.4 Å². The molecule has 1 aromatic rings. The number of anilines is 1. The fourth-order valence-corrected chi connectivity index (χ4v) is 2.03. The molecule has 7 nitrogen and oxygen atoms in total. The molecule has 7 heteroatoms. The molecule has 0 aliphatic rings. The molecule has 0 bridgehead atoms. The van der Waals surface area contributed by atoms with Crippen molar-refractivity contribution in [2.45, 2.75) is 26.2 Å². The molecule has 0 spiro atoms. The first-order valence-electron chi connectivity index (χ1n) is 7.98. The van der Waals surface area contributed by atoms with E-state index in [4.69, 9.17) is 9.47 Å². The Balaban J connectivity index is 2.61. The van der Waals surface area contributed by atoms with Crippen molar-refractivity contribution in [2.24, 2.45) is 4.99 Å². The smallest absolute Gasteiger partial charge is 0.305 e. The summed E-state index contributed by atoms with van der Waals surface area (Å²) in [5.74, 6) is 1.82. The first-order valence-corrected chi connectivity index (χ1v) is 7.98. The lowest BCUT2D eigenvalue weighted by molar-refractivity contribution is -0.140. The number of guanidine groups is 1. The van der Waals surface area contributed by atoms with Gasteiger partial charge in [0.1, 0.15) is 0 Å². The summed E-state index contributed by atoms with van der Waals surface area (Å²) in [5.41, 5.74) is 0.849. The number of unbranched alkanes of at least 4 members (excludes halogenated alkanes) is 1. The zero-order valence-corrected chi connectivity index (χ0v) is 14.8. The van der Waals surface area contributed by atoms with Gasteiger partial charge in [0.2, 0.25) is 0 Å². The minimum Gasteiger partial charge on any atom is -0.493 e. The summed E-state index contributed by atoms with van der Waals surface area (Å²) in [6, 6.07) is 5.58. The standard InChI is InChI=1S/C17H27N3O4/c1-5-18-17(19-11-7-6-8-16(21)24-4)20-13-9-10-14(22-2)15(12-13)23-3/h9-10,12H,5-8,11H2,1-4H3,(H2,18,19,20). The number of carbonyl (C=O) groups excluding carboxylic acids is 1. The minimum absolute atomic E-state index is 0.186. The van der Waals surface area contributed by atoms with Crippen LogP contribution >= 0.6 is 0 Å². The molecule has 1 rings (SSSR count). The van der Waals surface area contributed by atoms with Gasteiger partial charge >= 0.3 is 5.97 Å². The lowest BCUT2D eigenvalue weighted by atomic mass is 10.2. The van der Waals surface area contributed by atoms with Gasteiger partial charge in [0.05, 0.1) is 21.3 Å². The second-order valence-corrected chi connectivity index (χ2v) is 4.99. The summed E-state index contributed by atoms with van der Waals surface area (Å²) < 4.78 is 15.1. The normalized spacial score (nSPS) is 10.9. The van der Waals surface area contributed by atoms with Gasteiger partial charge in [-0.25, -0.2) is 0 Å². The van der Waals surface area contributed by atoms with Crippen LogP contribution in [0.3, 0.4) is 0 Å². The number of rotatable bonds is 9. The number of nitrogens with one attached hydrogen (secondary N) is 2. The molecule has 134 valence electrons. The van der Waals surface area contributed by atoms with E-state index in [0.717, 1.165) is 25.1 Å². The van der Waals surface area contributed by atoms with Gasteiger partial charge in [0.25, 0.3) is 0 Å². The predicted octanol–water partition coefficient (Wildman–Crippen LogP) is 2.42. The third-order valence-corrected chi connectivity index (χ3v) is 3.28. The first kappa shape index (κ1) is 19.6. The molecule has 0 aliphatic heterocycles. The third kappa shape index (κ3) is 6.76. The highest BCUT2D eigenvalue weighted by Gasteiger charge is 2.06. The third-order valence-electron chi connectivity index (χ3n) is 3.28. The summed E-state index contributed by atoms with van der Waals surface area (Å²) in [6.07, 6.45) is 2.00. The van der Waals surface area contributed by atoms with Crippen molar-refractivity contribution < 1.29 is 19.0 Å². The van der Waals surface area contributed by atoms with Crippen molar-refractivity contribution in [3.8, 4) is 11.5 Å². The van der Waals surface area contributed by atoms with E-state index in [1.54, 1.807) is 14.2 Å². The monoisotopic (exact) mass is 337 g/mol. The number of esters is 1. The number of carbonyl (C=O) groups is 1. The first-order chi connectivity index (χ1) is 11.6. The van der Waals surface area contributed by atoms with Crippen LogP contribution in [0.25, 0.3) is 0 Å². The van der Waals surface area contributed by atoms with Gasteiger partial charge in [0.15, 0.2) is 17.5 Å². The minimum atomic E-state index is -0.186. The molecule has 0 amide bonds. The number of methoxy groups -OCH3 is 3. The van der Waals surface area contributed by atoms with Crippen molar-refractivity contribution in [3.63, 3.8) is 0 Å². The molecular formula is C17H27N3O4. The van der Waals surface area contributed by atoms with Crippen LogP contribution in [0.15, 0.2) is 23.2 Å². The van der Waals surface area contributed by atoms with Crippen LogP contribution in [0.4, 0.5) is 5.69 Å². The van der Waals surface area contributed by atoms with E-state index in [9.17, 15) is 4.79 Å². The Morgan fingerprint density at radius 3 is 2.50 bits per heavy atom. The van der Waals surface area contributed by atoms with E-state index in [1.165, 1.54) is 7.11 Å². The van der Waals surface area contributed by atoms with Gasteiger partial charge in [0, 0.05) is 31.3 Å². The van der Waals surface area contributed by atoms with Gasteiger partial charge in [-0.05, 0) is 31.9 Å². The molecule has 0 unspecified atom stereocenters. The van der Waals surface area contributed by atoms with Crippen LogP contribution in [-0.4, -0.2) is 46.3 Å². The molecular weight excluding hydrogens is 310 g/mol. The fourth-order valence-electron chi connectivity index (χ4n) is 2.03. The van der Waals surface area contributed by atoms with Crippen molar-refractivity contribution in [1.82, 2.24) is 5.32 Å². The van der Waals surface area contributed by atoms with Crippen LogP contribution in [0.5, 0.6) is 11.5 Å². The van der Waals surface area contributed by atoms with Crippen LogP contribution in [-0.2, 0) is 9.53 Å². The number of hydrogen-bond donors (Lipinski definition) is 2. The molecule has 0 saturated heterocycles. The number of nitrogens with zero attached hydrogens (tertiary/aromatic N) is 1. The highest BCUT2D eigenvalue weighted by atomic mass is 16.5. The molecule has 0 aromatic heterocycles. The Bertz CT molecular complexity index is 547. The fraction of sp³-hybridized carbons (Fsp3) is 0.529. The van der Waals surface area contributed by atoms with Gasteiger partial charge in [-0.2, -0.15) is 0 Å².